The quantitative estimate of drug-likeness (QED) is 0.770. The molecule has 0 fully saturated rings. The lowest BCUT2D eigenvalue weighted by Gasteiger charge is -2.09. The van der Waals surface area contributed by atoms with Crippen molar-refractivity contribution in [2.45, 2.75) is 13.3 Å². The van der Waals surface area contributed by atoms with Crippen LogP contribution in [0.1, 0.15) is 18.1 Å². The monoisotopic (exact) mass is 288 g/mol. The van der Waals surface area contributed by atoms with Crippen LogP contribution in [0.4, 0.5) is 5.82 Å². The van der Waals surface area contributed by atoms with Crippen molar-refractivity contribution in [2.75, 3.05) is 5.73 Å². The zero-order chi connectivity index (χ0) is 15.5. The van der Waals surface area contributed by atoms with E-state index in [1.807, 2.05) is 36.5 Å². The van der Waals surface area contributed by atoms with Crippen molar-refractivity contribution in [1.82, 2.24) is 9.97 Å². The SMILES string of the molecule is CCc1ccc(-c2cc(-c3ccc[nH]3)c(C#N)c(N)n2)cc1. The third-order valence-corrected chi connectivity index (χ3v) is 3.71. The van der Waals surface area contributed by atoms with E-state index in [2.05, 4.69) is 35.1 Å². The minimum absolute atomic E-state index is 0.254. The van der Waals surface area contributed by atoms with Crippen LogP contribution in [0, 0.1) is 11.3 Å². The van der Waals surface area contributed by atoms with Crippen LogP contribution in [-0.2, 0) is 6.42 Å². The Balaban J connectivity index is 2.15. The summed E-state index contributed by atoms with van der Waals surface area (Å²) in [5, 5.41) is 9.34. The summed E-state index contributed by atoms with van der Waals surface area (Å²) in [4.78, 5) is 7.50. The molecule has 3 rings (SSSR count). The molecule has 0 saturated carbocycles. The highest BCUT2D eigenvalue weighted by atomic mass is 14.9. The Bertz CT molecular complexity index is 825. The zero-order valence-corrected chi connectivity index (χ0v) is 12.3. The number of nitrogens with zero attached hydrogens (tertiary/aromatic N) is 2. The molecule has 1 aromatic carbocycles. The maximum absolute atomic E-state index is 9.34. The fourth-order valence-electron chi connectivity index (χ4n) is 2.45. The molecule has 22 heavy (non-hydrogen) atoms. The first-order valence-corrected chi connectivity index (χ1v) is 7.16. The van der Waals surface area contributed by atoms with Gasteiger partial charge in [-0.2, -0.15) is 5.26 Å². The number of nitrogens with one attached hydrogen (secondary N) is 1. The Labute approximate surface area is 129 Å². The number of hydrogen-bond donors (Lipinski definition) is 2. The van der Waals surface area contributed by atoms with E-state index in [1.165, 1.54) is 5.56 Å². The van der Waals surface area contributed by atoms with Gasteiger partial charge in [0.05, 0.1) is 5.69 Å². The first-order valence-electron chi connectivity index (χ1n) is 7.16. The van der Waals surface area contributed by atoms with E-state index in [-0.39, 0.29) is 5.82 Å². The van der Waals surface area contributed by atoms with Crippen LogP contribution in [-0.4, -0.2) is 9.97 Å². The van der Waals surface area contributed by atoms with Crippen LogP contribution in [0.5, 0.6) is 0 Å². The van der Waals surface area contributed by atoms with Crippen LogP contribution in [0.15, 0.2) is 48.7 Å². The number of nitrogen functional groups attached to an aromatic ring is 1. The van der Waals surface area contributed by atoms with E-state index >= 15 is 0 Å². The van der Waals surface area contributed by atoms with Gasteiger partial charge in [0, 0.05) is 23.0 Å². The Morgan fingerprint density at radius 2 is 2.00 bits per heavy atom. The summed E-state index contributed by atoms with van der Waals surface area (Å²) in [5.41, 5.74) is 11.0. The predicted molar refractivity (Wildman–Crippen MR) is 88.0 cm³/mol. The molecule has 0 aliphatic carbocycles. The number of pyridine rings is 1. The topological polar surface area (TPSA) is 78.5 Å². The molecule has 4 nitrogen and oxygen atoms in total. The summed E-state index contributed by atoms with van der Waals surface area (Å²) in [6.45, 7) is 2.12. The summed E-state index contributed by atoms with van der Waals surface area (Å²) in [7, 11) is 0. The molecule has 2 heterocycles. The van der Waals surface area contributed by atoms with Crippen molar-refractivity contribution in [3.63, 3.8) is 0 Å². The molecule has 0 spiro atoms. The van der Waals surface area contributed by atoms with Crippen LogP contribution < -0.4 is 5.73 Å². The second kappa shape index (κ2) is 5.74. The summed E-state index contributed by atoms with van der Waals surface area (Å²) in [6, 6.07) is 16.1. The summed E-state index contributed by atoms with van der Waals surface area (Å²) < 4.78 is 0. The molecule has 3 N–H and O–H groups in total. The van der Waals surface area contributed by atoms with Crippen molar-refractivity contribution in [2.24, 2.45) is 0 Å². The number of nitrogens with two attached hydrogens (primary N) is 1. The lowest BCUT2D eigenvalue weighted by atomic mass is 10.0. The van der Waals surface area contributed by atoms with Crippen LogP contribution >= 0.6 is 0 Å². The average molecular weight is 288 g/mol. The van der Waals surface area contributed by atoms with Gasteiger partial charge in [0.25, 0.3) is 0 Å². The van der Waals surface area contributed by atoms with E-state index in [4.69, 9.17) is 5.73 Å². The van der Waals surface area contributed by atoms with Gasteiger partial charge in [0.1, 0.15) is 17.5 Å². The smallest absolute Gasteiger partial charge is 0.142 e. The summed E-state index contributed by atoms with van der Waals surface area (Å²) >= 11 is 0. The van der Waals surface area contributed by atoms with Gasteiger partial charge in [0.15, 0.2) is 0 Å². The molecular weight excluding hydrogens is 272 g/mol. The lowest BCUT2D eigenvalue weighted by molar-refractivity contribution is 1.14. The summed E-state index contributed by atoms with van der Waals surface area (Å²) in [5.74, 6) is 0.254. The highest BCUT2D eigenvalue weighted by Gasteiger charge is 2.13. The maximum atomic E-state index is 9.34. The highest BCUT2D eigenvalue weighted by molar-refractivity contribution is 5.78. The van der Waals surface area contributed by atoms with Crippen LogP contribution in [0.3, 0.4) is 0 Å². The molecule has 2 aromatic heterocycles. The number of anilines is 1. The van der Waals surface area contributed by atoms with E-state index in [9.17, 15) is 5.26 Å². The Hall–Kier alpha value is -3.06. The van der Waals surface area contributed by atoms with Gasteiger partial charge in [-0.1, -0.05) is 31.2 Å². The maximum Gasteiger partial charge on any atom is 0.142 e. The third kappa shape index (κ3) is 2.45. The normalized spacial score (nSPS) is 10.4. The van der Waals surface area contributed by atoms with Gasteiger partial charge < -0.3 is 10.7 Å². The molecule has 0 aliphatic rings. The molecule has 0 amide bonds. The Morgan fingerprint density at radius 3 is 2.59 bits per heavy atom. The number of benzene rings is 1. The van der Waals surface area contributed by atoms with Crippen molar-refractivity contribution in [1.29, 1.82) is 5.26 Å². The standard InChI is InChI=1S/C18H16N4/c1-2-12-5-7-13(8-6-12)17-10-14(16-4-3-9-21-16)15(11-19)18(20)22-17/h3-10,21H,2H2,1H3,(H2,20,22). The second-order valence-corrected chi connectivity index (χ2v) is 5.06. The predicted octanol–water partition coefficient (Wildman–Crippen LogP) is 3.76. The minimum Gasteiger partial charge on any atom is -0.383 e. The molecule has 108 valence electrons. The average Bonchev–Trinajstić information content (AvgIpc) is 3.08. The minimum atomic E-state index is 0.254. The van der Waals surface area contributed by atoms with E-state index in [1.54, 1.807) is 0 Å². The fourth-order valence-corrected chi connectivity index (χ4v) is 2.45. The zero-order valence-electron chi connectivity index (χ0n) is 12.3. The van der Waals surface area contributed by atoms with Crippen molar-refractivity contribution in [3.8, 4) is 28.6 Å². The number of rotatable bonds is 3. The molecule has 0 saturated heterocycles. The number of hydrogen-bond acceptors (Lipinski definition) is 3. The van der Waals surface area contributed by atoms with Gasteiger partial charge in [-0.15, -0.1) is 0 Å². The van der Waals surface area contributed by atoms with Gasteiger partial charge in [-0.05, 0) is 30.2 Å². The van der Waals surface area contributed by atoms with Gasteiger partial charge >= 0.3 is 0 Å². The number of aromatic nitrogens is 2. The van der Waals surface area contributed by atoms with Gasteiger partial charge in [-0.3, -0.25) is 0 Å². The van der Waals surface area contributed by atoms with E-state index in [0.717, 1.165) is 28.9 Å². The largest absolute Gasteiger partial charge is 0.383 e. The first kappa shape index (κ1) is 13.9. The Kier molecular flexibility index (Phi) is 3.63. The molecule has 0 unspecified atom stereocenters. The number of nitriles is 1. The fraction of sp³-hybridized carbons (Fsp3) is 0.111. The molecule has 0 aliphatic heterocycles. The lowest BCUT2D eigenvalue weighted by Crippen LogP contribution is -2.00. The Morgan fingerprint density at radius 1 is 1.23 bits per heavy atom. The van der Waals surface area contributed by atoms with Gasteiger partial charge in [-0.25, -0.2) is 4.98 Å². The van der Waals surface area contributed by atoms with Crippen molar-refractivity contribution < 1.29 is 0 Å². The molecule has 0 bridgehead atoms. The van der Waals surface area contributed by atoms with Crippen molar-refractivity contribution in [3.05, 3.63) is 59.8 Å². The molecular formula is C18H16N4. The van der Waals surface area contributed by atoms with Crippen LogP contribution in [0.2, 0.25) is 0 Å². The number of H-pyrrole nitrogens is 1. The third-order valence-electron chi connectivity index (χ3n) is 3.71. The molecule has 3 aromatic rings. The van der Waals surface area contributed by atoms with Crippen molar-refractivity contribution >= 4 is 5.82 Å². The molecule has 0 radical (unpaired) electrons. The van der Waals surface area contributed by atoms with E-state index < -0.39 is 0 Å². The molecule has 0 atom stereocenters. The molecule has 4 heteroatoms. The highest BCUT2D eigenvalue weighted by Crippen LogP contribution is 2.30. The van der Waals surface area contributed by atoms with E-state index in [0.29, 0.717) is 5.56 Å². The first-order chi connectivity index (χ1) is 10.7. The second-order valence-electron chi connectivity index (χ2n) is 5.06. The van der Waals surface area contributed by atoms with Gasteiger partial charge in [0.2, 0.25) is 0 Å². The number of aromatic amines is 1. The van der Waals surface area contributed by atoms with Crippen LogP contribution in [0.25, 0.3) is 22.5 Å². The summed E-state index contributed by atoms with van der Waals surface area (Å²) in [6.07, 6.45) is 2.82. The number of aryl methyl sites for hydroxylation is 1.